The molecule has 0 aliphatic rings. The predicted molar refractivity (Wildman–Crippen MR) is 94.5 cm³/mol. The minimum Gasteiger partial charge on any atom is -0.352 e. The van der Waals surface area contributed by atoms with Gasteiger partial charge in [0.1, 0.15) is 0 Å². The summed E-state index contributed by atoms with van der Waals surface area (Å²) in [4.78, 5) is 11.9. The lowest BCUT2D eigenvalue weighted by Gasteiger charge is -2.07. The molecule has 1 heterocycles. The first kappa shape index (κ1) is 19.4. The normalized spacial score (nSPS) is 11.5. The molecule has 0 bridgehead atoms. The Balaban J connectivity index is 1.81. The van der Waals surface area contributed by atoms with Crippen LogP contribution >= 0.6 is 11.6 Å². The Morgan fingerprint density at radius 3 is 2.44 bits per heavy atom. The number of benzene rings is 1. The minimum atomic E-state index is -3.29. The SMILES string of the molecule is CNS(=O)(=O)Cc1ccc(CNC(=O)CCc2c(C)noc2Cl)cc1. The van der Waals surface area contributed by atoms with Gasteiger partial charge in [-0.2, -0.15) is 0 Å². The van der Waals surface area contributed by atoms with E-state index in [0.29, 0.717) is 24.2 Å². The predicted octanol–water partition coefficient (Wildman–Crippen LogP) is 1.93. The van der Waals surface area contributed by atoms with Gasteiger partial charge in [0.2, 0.25) is 21.1 Å². The third kappa shape index (κ3) is 5.84. The number of hydrogen-bond donors (Lipinski definition) is 2. The summed E-state index contributed by atoms with van der Waals surface area (Å²) < 4.78 is 30.1. The second kappa shape index (κ2) is 8.46. The lowest BCUT2D eigenvalue weighted by Crippen LogP contribution is -2.23. The molecular weight excluding hydrogens is 366 g/mol. The lowest BCUT2D eigenvalue weighted by atomic mass is 10.1. The summed E-state index contributed by atoms with van der Waals surface area (Å²) in [6.07, 6.45) is 0.737. The van der Waals surface area contributed by atoms with E-state index in [1.807, 2.05) is 0 Å². The number of rotatable bonds is 8. The molecule has 7 nitrogen and oxygen atoms in total. The Morgan fingerprint density at radius 1 is 1.24 bits per heavy atom. The Bertz CT molecular complexity index is 812. The van der Waals surface area contributed by atoms with Crippen LogP contribution in [0, 0.1) is 6.92 Å². The molecule has 1 aromatic heterocycles. The number of aryl methyl sites for hydroxylation is 1. The number of aromatic nitrogens is 1. The van der Waals surface area contributed by atoms with E-state index in [4.69, 9.17) is 16.1 Å². The second-order valence-electron chi connectivity index (χ2n) is 5.58. The van der Waals surface area contributed by atoms with Crippen molar-refractivity contribution in [3.63, 3.8) is 0 Å². The number of sulfonamides is 1. The summed E-state index contributed by atoms with van der Waals surface area (Å²) >= 11 is 5.86. The molecule has 2 aromatic rings. The molecule has 0 aliphatic carbocycles. The molecule has 0 spiro atoms. The van der Waals surface area contributed by atoms with Crippen molar-refractivity contribution in [3.05, 3.63) is 51.9 Å². The molecule has 0 aliphatic heterocycles. The average molecular weight is 386 g/mol. The van der Waals surface area contributed by atoms with Crippen molar-refractivity contribution < 1.29 is 17.7 Å². The van der Waals surface area contributed by atoms with Crippen molar-refractivity contribution in [2.45, 2.75) is 32.1 Å². The standard InChI is InChI=1S/C16H20ClN3O4S/c1-11-14(16(17)24-20-11)7-8-15(21)19-9-12-3-5-13(6-4-12)10-25(22,23)18-2/h3-6,18H,7-10H2,1-2H3,(H,19,21). The maximum absolute atomic E-state index is 11.9. The maximum atomic E-state index is 11.9. The topological polar surface area (TPSA) is 101 Å². The summed E-state index contributed by atoms with van der Waals surface area (Å²) in [5, 5.41) is 6.78. The molecule has 0 atom stereocenters. The molecule has 1 amide bonds. The van der Waals surface area contributed by atoms with Crippen LogP contribution < -0.4 is 10.0 Å². The lowest BCUT2D eigenvalue weighted by molar-refractivity contribution is -0.121. The molecule has 25 heavy (non-hydrogen) atoms. The van der Waals surface area contributed by atoms with Gasteiger partial charge in [-0.1, -0.05) is 29.4 Å². The highest BCUT2D eigenvalue weighted by atomic mass is 35.5. The molecule has 0 saturated heterocycles. The van der Waals surface area contributed by atoms with E-state index in [9.17, 15) is 13.2 Å². The van der Waals surface area contributed by atoms with E-state index >= 15 is 0 Å². The Labute approximate surface area is 151 Å². The number of amides is 1. The molecule has 2 N–H and O–H groups in total. The van der Waals surface area contributed by atoms with E-state index in [2.05, 4.69) is 15.2 Å². The zero-order chi connectivity index (χ0) is 18.4. The van der Waals surface area contributed by atoms with Crippen LogP contribution in [-0.2, 0) is 33.5 Å². The largest absolute Gasteiger partial charge is 0.352 e. The van der Waals surface area contributed by atoms with E-state index in [0.717, 1.165) is 11.1 Å². The van der Waals surface area contributed by atoms with Crippen LogP contribution in [0.4, 0.5) is 0 Å². The number of nitrogens with zero attached hydrogens (tertiary/aromatic N) is 1. The summed E-state index contributed by atoms with van der Waals surface area (Å²) in [5.41, 5.74) is 3.00. The van der Waals surface area contributed by atoms with Crippen LogP contribution in [0.3, 0.4) is 0 Å². The van der Waals surface area contributed by atoms with Crippen LogP contribution in [0.1, 0.15) is 28.8 Å². The summed E-state index contributed by atoms with van der Waals surface area (Å²) in [6, 6.07) is 7.05. The van der Waals surface area contributed by atoms with Crippen LogP contribution in [0.5, 0.6) is 0 Å². The monoisotopic (exact) mass is 385 g/mol. The van der Waals surface area contributed by atoms with Gasteiger partial charge in [-0.25, -0.2) is 13.1 Å². The molecule has 0 saturated carbocycles. The first-order valence-corrected chi connectivity index (χ1v) is 9.70. The Morgan fingerprint density at radius 2 is 1.88 bits per heavy atom. The molecule has 0 fully saturated rings. The quantitative estimate of drug-likeness (QED) is 0.723. The highest BCUT2D eigenvalue weighted by Gasteiger charge is 2.13. The minimum absolute atomic E-state index is 0.0744. The first-order chi connectivity index (χ1) is 11.8. The fraction of sp³-hybridized carbons (Fsp3) is 0.375. The summed E-state index contributed by atoms with van der Waals surface area (Å²) in [7, 11) is -1.91. The molecule has 1 aromatic carbocycles. The van der Waals surface area contributed by atoms with Gasteiger partial charge in [0.05, 0.1) is 11.4 Å². The van der Waals surface area contributed by atoms with Crippen molar-refractivity contribution in [1.82, 2.24) is 15.2 Å². The number of hydrogen-bond acceptors (Lipinski definition) is 5. The highest BCUT2D eigenvalue weighted by molar-refractivity contribution is 7.88. The first-order valence-electron chi connectivity index (χ1n) is 7.67. The fourth-order valence-electron chi connectivity index (χ4n) is 2.21. The zero-order valence-corrected chi connectivity index (χ0v) is 15.6. The maximum Gasteiger partial charge on any atom is 0.229 e. The second-order valence-corrected chi connectivity index (χ2v) is 7.85. The van der Waals surface area contributed by atoms with Gasteiger partial charge in [-0.15, -0.1) is 0 Å². The molecule has 2 rings (SSSR count). The van der Waals surface area contributed by atoms with Crippen molar-refractivity contribution in [2.24, 2.45) is 0 Å². The van der Waals surface area contributed by atoms with Crippen LogP contribution in [-0.4, -0.2) is 26.5 Å². The van der Waals surface area contributed by atoms with Crippen LogP contribution in [0.2, 0.25) is 5.22 Å². The van der Waals surface area contributed by atoms with Gasteiger partial charge in [-0.3, -0.25) is 4.79 Å². The van der Waals surface area contributed by atoms with Crippen molar-refractivity contribution in [1.29, 1.82) is 0 Å². The highest BCUT2D eigenvalue weighted by Crippen LogP contribution is 2.20. The number of carbonyl (C=O) groups excluding carboxylic acids is 1. The van der Waals surface area contributed by atoms with Crippen LogP contribution in [0.15, 0.2) is 28.8 Å². The van der Waals surface area contributed by atoms with E-state index in [1.165, 1.54) is 7.05 Å². The Hall–Kier alpha value is -1.90. The molecular formula is C16H20ClN3O4S. The summed E-state index contributed by atoms with van der Waals surface area (Å²) in [5.74, 6) is -0.187. The summed E-state index contributed by atoms with van der Waals surface area (Å²) in [6.45, 7) is 2.15. The molecule has 0 unspecified atom stereocenters. The van der Waals surface area contributed by atoms with Crippen molar-refractivity contribution in [2.75, 3.05) is 7.05 Å². The van der Waals surface area contributed by atoms with E-state index < -0.39 is 10.0 Å². The van der Waals surface area contributed by atoms with Gasteiger partial charge in [0.25, 0.3) is 0 Å². The van der Waals surface area contributed by atoms with Gasteiger partial charge in [0, 0.05) is 18.5 Å². The average Bonchev–Trinajstić information content (AvgIpc) is 2.90. The molecule has 136 valence electrons. The van der Waals surface area contributed by atoms with Crippen LogP contribution in [0.25, 0.3) is 0 Å². The van der Waals surface area contributed by atoms with E-state index in [-0.39, 0.29) is 23.3 Å². The molecule has 9 heteroatoms. The smallest absolute Gasteiger partial charge is 0.229 e. The third-order valence-corrected chi connectivity index (χ3v) is 5.35. The van der Waals surface area contributed by atoms with Crippen molar-refractivity contribution in [3.8, 4) is 0 Å². The van der Waals surface area contributed by atoms with Crippen molar-refractivity contribution >= 4 is 27.5 Å². The van der Waals surface area contributed by atoms with Gasteiger partial charge in [0.15, 0.2) is 0 Å². The number of nitrogens with one attached hydrogen (secondary N) is 2. The van der Waals surface area contributed by atoms with Gasteiger partial charge >= 0.3 is 0 Å². The number of halogens is 1. The Kier molecular flexibility index (Phi) is 6.57. The third-order valence-electron chi connectivity index (χ3n) is 3.72. The van der Waals surface area contributed by atoms with Gasteiger partial charge in [-0.05, 0) is 43.1 Å². The van der Waals surface area contributed by atoms with E-state index in [1.54, 1.807) is 31.2 Å². The zero-order valence-electron chi connectivity index (χ0n) is 14.0. The molecule has 0 radical (unpaired) electrons. The number of carbonyl (C=O) groups is 1. The van der Waals surface area contributed by atoms with Gasteiger partial charge < -0.3 is 9.84 Å². The fourth-order valence-corrected chi connectivity index (χ4v) is 3.25.